The molecule has 0 aliphatic carbocycles. The van der Waals surface area contributed by atoms with E-state index in [1.54, 1.807) is 30.1 Å². The molecule has 8 nitrogen and oxygen atoms in total. The van der Waals surface area contributed by atoms with E-state index in [1.807, 2.05) is 18.9 Å². The van der Waals surface area contributed by atoms with Gasteiger partial charge in [0.2, 0.25) is 0 Å². The van der Waals surface area contributed by atoms with Crippen LogP contribution in [0.5, 0.6) is 0 Å². The number of likely N-dealkylation sites (tertiary alicyclic amines) is 1. The average Bonchev–Trinajstić information content (AvgIpc) is 3.39. The summed E-state index contributed by atoms with van der Waals surface area (Å²) in [6.45, 7) is 3.56. The lowest BCUT2D eigenvalue weighted by Gasteiger charge is -2.39. The summed E-state index contributed by atoms with van der Waals surface area (Å²) in [5.74, 6) is 0.636. The Morgan fingerprint density at radius 2 is 1.97 bits per heavy atom. The summed E-state index contributed by atoms with van der Waals surface area (Å²) in [7, 11) is 3.47. The molecule has 3 heterocycles. The third-order valence-electron chi connectivity index (χ3n) is 6.03. The number of carbonyl (C=O) groups is 1. The van der Waals surface area contributed by atoms with Gasteiger partial charge in [-0.2, -0.15) is 10.1 Å². The summed E-state index contributed by atoms with van der Waals surface area (Å²) in [5, 5.41) is 8.53. The van der Waals surface area contributed by atoms with E-state index in [4.69, 9.17) is 9.26 Å². The average molecular weight is 427 g/mol. The first-order valence-corrected chi connectivity index (χ1v) is 10.3. The number of carbonyl (C=O) groups excluding carboxylic acids is 1. The number of hydrogen-bond acceptors (Lipinski definition) is 6. The highest BCUT2D eigenvalue weighted by Gasteiger charge is 2.41. The molecule has 1 aliphatic rings. The van der Waals surface area contributed by atoms with E-state index in [1.165, 1.54) is 12.1 Å². The molecule has 1 saturated heterocycles. The molecule has 9 heteroatoms. The molecule has 0 unspecified atom stereocenters. The molecule has 0 N–H and O–H groups in total. The van der Waals surface area contributed by atoms with Crippen molar-refractivity contribution >= 4 is 5.91 Å². The van der Waals surface area contributed by atoms with E-state index in [9.17, 15) is 9.18 Å². The molecule has 0 saturated carbocycles. The van der Waals surface area contributed by atoms with Crippen LogP contribution in [0, 0.1) is 12.7 Å². The van der Waals surface area contributed by atoms with Crippen LogP contribution in [0.2, 0.25) is 0 Å². The summed E-state index contributed by atoms with van der Waals surface area (Å²) in [6, 6.07) is 5.97. The van der Waals surface area contributed by atoms with Crippen molar-refractivity contribution in [3.8, 4) is 11.5 Å². The normalized spacial score (nSPS) is 15.9. The van der Waals surface area contributed by atoms with Crippen LogP contribution in [0.3, 0.4) is 0 Å². The number of aromatic nitrogens is 4. The number of halogens is 1. The van der Waals surface area contributed by atoms with Crippen molar-refractivity contribution in [1.82, 2.24) is 24.8 Å². The lowest BCUT2D eigenvalue weighted by atomic mass is 9.75. The number of hydrogen-bond donors (Lipinski definition) is 0. The van der Waals surface area contributed by atoms with E-state index in [0.29, 0.717) is 55.4 Å². The van der Waals surface area contributed by atoms with Gasteiger partial charge in [0.1, 0.15) is 5.82 Å². The van der Waals surface area contributed by atoms with Crippen molar-refractivity contribution in [3.05, 3.63) is 53.4 Å². The molecular weight excluding hydrogens is 401 g/mol. The Morgan fingerprint density at radius 1 is 1.26 bits per heavy atom. The number of piperidine rings is 1. The van der Waals surface area contributed by atoms with Gasteiger partial charge in [0, 0.05) is 51.0 Å². The summed E-state index contributed by atoms with van der Waals surface area (Å²) >= 11 is 0. The standard InChI is InChI=1S/C22H26FN5O3/c1-15-18(14-27(2)25-15)20(29)28-11-8-22(9-12-28,10-13-30-3)21-24-19(31-26-21)16-4-6-17(23)7-5-16/h4-7,14H,8-13H2,1-3H3. The number of nitrogens with zero attached hydrogens (tertiary/aromatic N) is 5. The Labute approximate surface area is 180 Å². The monoisotopic (exact) mass is 427 g/mol. The fourth-order valence-electron chi connectivity index (χ4n) is 4.15. The van der Waals surface area contributed by atoms with Gasteiger partial charge in [-0.25, -0.2) is 4.39 Å². The molecule has 0 bridgehead atoms. The largest absolute Gasteiger partial charge is 0.385 e. The zero-order chi connectivity index (χ0) is 22.0. The van der Waals surface area contributed by atoms with Crippen LogP contribution in [-0.4, -0.2) is 57.5 Å². The smallest absolute Gasteiger partial charge is 0.257 e. The van der Waals surface area contributed by atoms with Gasteiger partial charge in [-0.05, 0) is 50.5 Å². The molecule has 4 rings (SSSR count). The van der Waals surface area contributed by atoms with Gasteiger partial charge < -0.3 is 14.2 Å². The van der Waals surface area contributed by atoms with Crippen molar-refractivity contribution < 1.29 is 18.4 Å². The molecule has 0 radical (unpaired) electrons. The zero-order valence-electron chi connectivity index (χ0n) is 18.0. The summed E-state index contributed by atoms with van der Waals surface area (Å²) < 4.78 is 25.7. The Hall–Kier alpha value is -3.07. The molecule has 1 aliphatic heterocycles. The maximum atomic E-state index is 13.2. The molecule has 0 spiro atoms. The molecule has 2 aromatic heterocycles. The minimum Gasteiger partial charge on any atom is -0.385 e. The van der Waals surface area contributed by atoms with Crippen molar-refractivity contribution in [2.24, 2.45) is 7.05 Å². The fourth-order valence-corrected chi connectivity index (χ4v) is 4.15. The first-order chi connectivity index (χ1) is 14.9. The maximum absolute atomic E-state index is 13.2. The van der Waals surface area contributed by atoms with Crippen LogP contribution >= 0.6 is 0 Å². The number of benzene rings is 1. The van der Waals surface area contributed by atoms with Gasteiger partial charge in [0.05, 0.1) is 11.3 Å². The lowest BCUT2D eigenvalue weighted by Crippen LogP contribution is -2.46. The van der Waals surface area contributed by atoms with Gasteiger partial charge in [-0.15, -0.1) is 0 Å². The molecule has 1 amide bonds. The van der Waals surface area contributed by atoms with Gasteiger partial charge in [-0.1, -0.05) is 5.16 Å². The second kappa shape index (κ2) is 8.58. The van der Waals surface area contributed by atoms with Crippen molar-refractivity contribution in [2.45, 2.75) is 31.6 Å². The summed E-state index contributed by atoms with van der Waals surface area (Å²) in [4.78, 5) is 19.5. The Morgan fingerprint density at radius 3 is 2.58 bits per heavy atom. The molecule has 3 aromatic rings. The Bertz CT molecular complexity index is 1050. The van der Waals surface area contributed by atoms with Crippen LogP contribution in [0.15, 0.2) is 35.0 Å². The molecule has 31 heavy (non-hydrogen) atoms. The zero-order valence-corrected chi connectivity index (χ0v) is 18.0. The second-order valence-electron chi connectivity index (χ2n) is 8.05. The van der Waals surface area contributed by atoms with Crippen molar-refractivity contribution in [3.63, 3.8) is 0 Å². The molecule has 1 fully saturated rings. The highest BCUT2D eigenvalue weighted by molar-refractivity contribution is 5.95. The van der Waals surface area contributed by atoms with E-state index in [-0.39, 0.29) is 17.1 Å². The van der Waals surface area contributed by atoms with Crippen LogP contribution < -0.4 is 0 Å². The predicted molar refractivity (Wildman–Crippen MR) is 111 cm³/mol. The molecular formula is C22H26FN5O3. The molecule has 164 valence electrons. The third kappa shape index (κ3) is 4.23. The van der Waals surface area contributed by atoms with Gasteiger partial charge >= 0.3 is 0 Å². The number of rotatable bonds is 6. The van der Waals surface area contributed by atoms with E-state index in [0.717, 1.165) is 12.1 Å². The minimum absolute atomic E-state index is 0.00828. The first kappa shape index (κ1) is 21.2. The fraction of sp³-hybridized carbons (Fsp3) is 0.455. The number of ether oxygens (including phenoxy) is 1. The van der Waals surface area contributed by atoms with E-state index in [2.05, 4.69) is 15.2 Å². The minimum atomic E-state index is -0.349. The highest BCUT2D eigenvalue weighted by atomic mass is 19.1. The first-order valence-electron chi connectivity index (χ1n) is 10.3. The number of aryl methyl sites for hydroxylation is 2. The van der Waals surface area contributed by atoms with Crippen molar-refractivity contribution in [2.75, 3.05) is 26.8 Å². The highest BCUT2D eigenvalue weighted by Crippen LogP contribution is 2.38. The molecule has 0 atom stereocenters. The Kier molecular flexibility index (Phi) is 5.86. The van der Waals surface area contributed by atoms with Crippen molar-refractivity contribution in [1.29, 1.82) is 0 Å². The van der Waals surface area contributed by atoms with Crippen LogP contribution in [0.25, 0.3) is 11.5 Å². The number of methoxy groups -OCH3 is 1. The maximum Gasteiger partial charge on any atom is 0.257 e. The number of amides is 1. The second-order valence-corrected chi connectivity index (χ2v) is 8.05. The van der Waals surface area contributed by atoms with Gasteiger partial charge in [-0.3, -0.25) is 9.48 Å². The van der Waals surface area contributed by atoms with Gasteiger partial charge in [0.15, 0.2) is 5.82 Å². The quantitative estimate of drug-likeness (QED) is 0.601. The molecule has 1 aromatic carbocycles. The van der Waals surface area contributed by atoms with E-state index < -0.39 is 0 Å². The summed E-state index contributed by atoms with van der Waals surface area (Å²) in [5.41, 5.74) is 1.68. The SMILES string of the molecule is COCCC1(c2noc(-c3ccc(F)cc3)n2)CCN(C(=O)c2cn(C)nc2C)CC1. The van der Waals surface area contributed by atoms with Crippen LogP contribution in [-0.2, 0) is 17.2 Å². The Balaban J connectivity index is 1.54. The van der Waals surface area contributed by atoms with Crippen LogP contribution in [0.1, 0.15) is 41.1 Å². The lowest BCUT2D eigenvalue weighted by molar-refractivity contribution is 0.0615. The third-order valence-corrected chi connectivity index (χ3v) is 6.03. The summed E-state index contributed by atoms with van der Waals surface area (Å²) in [6.07, 6.45) is 3.88. The topological polar surface area (TPSA) is 86.3 Å². The van der Waals surface area contributed by atoms with Gasteiger partial charge in [0.25, 0.3) is 11.8 Å². The van der Waals surface area contributed by atoms with Crippen LogP contribution in [0.4, 0.5) is 4.39 Å². The predicted octanol–water partition coefficient (Wildman–Crippen LogP) is 3.13. The van der Waals surface area contributed by atoms with E-state index >= 15 is 0 Å².